The molecule has 2 heteroatoms. The number of rotatable bonds is 2. The van der Waals surface area contributed by atoms with Crippen LogP contribution < -0.4 is 0 Å². The van der Waals surface area contributed by atoms with Crippen molar-refractivity contribution in [2.24, 2.45) is 0 Å². The Hall–Kier alpha value is -0.550. The number of halogens is 1. The molecule has 1 heterocycles. The van der Waals surface area contributed by atoms with E-state index in [1.54, 1.807) is 0 Å². The zero-order chi connectivity index (χ0) is 8.81. The van der Waals surface area contributed by atoms with E-state index in [0.29, 0.717) is 6.54 Å². The Bertz CT molecular complexity index is 162. The molecule has 0 aromatic carbocycles. The van der Waals surface area contributed by atoms with Crippen molar-refractivity contribution in [3.05, 3.63) is 0 Å². The maximum atomic E-state index is 13.0. The molecule has 1 aliphatic heterocycles. The van der Waals surface area contributed by atoms with Crippen LogP contribution in [0, 0.1) is 12.3 Å². The van der Waals surface area contributed by atoms with E-state index >= 15 is 0 Å². The normalized spacial score (nSPS) is 26.2. The summed E-state index contributed by atoms with van der Waals surface area (Å²) in [4.78, 5) is 2.14. The van der Waals surface area contributed by atoms with E-state index in [4.69, 9.17) is 6.42 Å². The molecule has 0 amide bonds. The lowest BCUT2D eigenvalue weighted by atomic mass is 10.2. The molecular formula is C10H16FN. The summed E-state index contributed by atoms with van der Waals surface area (Å²) in [6, 6.07) is 0. The van der Waals surface area contributed by atoms with E-state index in [1.807, 2.05) is 0 Å². The van der Waals surface area contributed by atoms with Gasteiger partial charge in [-0.3, -0.25) is 4.90 Å². The Morgan fingerprint density at radius 3 is 3.08 bits per heavy atom. The molecule has 0 bridgehead atoms. The van der Waals surface area contributed by atoms with E-state index in [9.17, 15) is 4.39 Å². The van der Waals surface area contributed by atoms with Gasteiger partial charge in [0, 0.05) is 19.5 Å². The van der Waals surface area contributed by atoms with Crippen molar-refractivity contribution in [2.45, 2.75) is 31.9 Å². The molecule has 0 spiro atoms. The van der Waals surface area contributed by atoms with Crippen molar-refractivity contribution < 1.29 is 4.39 Å². The Morgan fingerprint density at radius 1 is 1.50 bits per heavy atom. The fourth-order valence-corrected chi connectivity index (χ4v) is 1.59. The third-order valence-electron chi connectivity index (χ3n) is 2.27. The Labute approximate surface area is 73.9 Å². The summed E-state index contributed by atoms with van der Waals surface area (Å²) in [5, 5.41) is 0. The maximum Gasteiger partial charge on any atom is 0.113 e. The summed E-state index contributed by atoms with van der Waals surface area (Å²) >= 11 is 0. The molecule has 1 fully saturated rings. The van der Waals surface area contributed by atoms with E-state index in [1.165, 1.54) is 0 Å². The first-order valence-corrected chi connectivity index (χ1v) is 4.63. The number of likely N-dealkylation sites (tertiary alicyclic amines) is 1. The Morgan fingerprint density at radius 2 is 2.33 bits per heavy atom. The van der Waals surface area contributed by atoms with E-state index in [2.05, 4.69) is 10.8 Å². The molecule has 1 nitrogen and oxygen atoms in total. The first-order chi connectivity index (χ1) is 5.83. The van der Waals surface area contributed by atoms with E-state index in [-0.39, 0.29) is 0 Å². The fourth-order valence-electron chi connectivity index (χ4n) is 1.59. The number of nitrogens with zero attached hydrogens (tertiary/aromatic N) is 1. The van der Waals surface area contributed by atoms with Gasteiger partial charge in [-0.2, -0.15) is 0 Å². The van der Waals surface area contributed by atoms with Crippen molar-refractivity contribution in [3.8, 4) is 12.3 Å². The Balaban J connectivity index is 2.27. The maximum absolute atomic E-state index is 13.0. The number of hydrogen-bond donors (Lipinski definition) is 0. The van der Waals surface area contributed by atoms with Crippen LogP contribution in [-0.4, -0.2) is 30.7 Å². The minimum atomic E-state index is -0.634. The lowest BCUT2D eigenvalue weighted by Gasteiger charge is -2.19. The highest BCUT2D eigenvalue weighted by atomic mass is 19.1. The van der Waals surface area contributed by atoms with Crippen molar-refractivity contribution in [2.75, 3.05) is 19.6 Å². The Kier molecular flexibility index (Phi) is 4.10. The second-order valence-electron chi connectivity index (χ2n) is 3.35. The predicted molar refractivity (Wildman–Crippen MR) is 48.6 cm³/mol. The first-order valence-electron chi connectivity index (χ1n) is 4.63. The van der Waals surface area contributed by atoms with Gasteiger partial charge in [-0.1, -0.05) is 0 Å². The largest absolute Gasteiger partial charge is 0.300 e. The van der Waals surface area contributed by atoms with Gasteiger partial charge in [0.2, 0.25) is 0 Å². The topological polar surface area (TPSA) is 3.24 Å². The third-order valence-corrected chi connectivity index (χ3v) is 2.27. The fraction of sp³-hybridized carbons (Fsp3) is 0.800. The van der Waals surface area contributed by atoms with Crippen LogP contribution in [0.15, 0.2) is 0 Å². The van der Waals surface area contributed by atoms with Crippen LogP contribution in [0.2, 0.25) is 0 Å². The standard InChI is InChI=1S/C10H16FN/c1-2-3-7-12-8-5-4-6-10(11)9-12/h1,10H,3-9H2. The van der Waals surface area contributed by atoms with Gasteiger partial charge in [-0.05, 0) is 25.8 Å². The molecule has 0 N–H and O–H groups in total. The van der Waals surface area contributed by atoms with Crippen molar-refractivity contribution in [1.29, 1.82) is 0 Å². The van der Waals surface area contributed by atoms with Crippen LogP contribution in [0.1, 0.15) is 25.7 Å². The van der Waals surface area contributed by atoms with Crippen LogP contribution >= 0.6 is 0 Å². The molecule has 1 atom stereocenters. The minimum Gasteiger partial charge on any atom is -0.300 e. The first kappa shape index (κ1) is 9.54. The molecule has 0 aliphatic carbocycles. The summed E-state index contributed by atoms with van der Waals surface area (Å²) < 4.78 is 13.0. The zero-order valence-corrected chi connectivity index (χ0v) is 7.43. The van der Waals surface area contributed by atoms with Crippen molar-refractivity contribution >= 4 is 0 Å². The molecule has 12 heavy (non-hydrogen) atoms. The average Bonchev–Trinajstić information content (AvgIpc) is 2.26. The molecule has 1 rings (SSSR count). The molecular weight excluding hydrogens is 153 g/mol. The monoisotopic (exact) mass is 169 g/mol. The van der Waals surface area contributed by atoms with Gasteiger partial charge in [-0.15, -0.1) is 12.3 Å². The highest BCUT2D eigenvalue weighted by Crippen LogP contribution is 2.13. The molecule has 0 aromatic heterocycles. The van der Waals surface area contributed by atoms with E-state index in [0.717, 1.165) is 38.8 Å². The second kappa shape index (κ2) is 5.16. The van der Waals surface area contributed by atoms with Crippen LogP contribution in [-0.2, 0) is 0 Å². The summed E-state index contributed by atoms with van der Waals surface area (Å²) in [7, 11) is 0. The van der Waals surface area contributed by atoms with Crippen LogP contribution in [0.5, 0.6) is 0 Å². The number of alkyl halides is 1. The highest BCUT2D eigenvalue weighted by Gasteiger charge is 2.15. The van der Waals surface area contributed by atoms with Gasteiger partial charge in [0.25, 0.3) is 0 Å². The van der Waals surface area contributed by atoms with Gasteiger partial charge in [0.15, 0.2) is 0 Å². The zero-order valence-electron chi connectivity index (χ0n) is 7.43. The molecule has 68 valence electrons. The highest BCUT2D eigenvalue weighted by molar-refractivity contribution is 4.85. The van der Waals surface area contributed by atoms with Gasteiger partial charge in [-0.25, -0.2) is 4.39 Å². The van der Waals surface area contributed by atoms with Crippen LogP contribution in [0.3, 0.4) is 0 Å². The molecule has 1 unspecified atom stereocenters. The lowest BCUT2D eigenvalue weighted by molar-refractivity contribution is 0.210. The van der Waals surface area contributed by atoms with Gasteiger partial charge in [0.1, 0.15) is 6.17 Å². The average molecular weight is 169 g/mol. The summed E-state index contributed by atoms with van der Waals surface area (Å²) in [5.41, 5.74) is 0. The molecule has 1 aliphatic rings. The lowest BCUT2D eigenvalue weighted by Crippen LogP contribution is -2.29. The van der Waals surface area contributed by atoms with Gasteiger partial charge >= 0.3 is 0 Å². The summed E-state index contributed by atoms with van der Waals surface area (Å²) in [6.07, 6.45) is 8.12. The molecule has 0 radical (unpaired) electrons. The molecule has 1 saturated heterocycles. The second-order valence-corrected chi connectivity index (χ2v) is 3.35. The van der Waals surface area contributed by atoms with Crippen LogP contribution in [0.4, 0.5) is 4.39 Å². The number of hydrogen-bond acceptors (Lipinski definition) is 1. The molecule has 0 saturated carbocycles. The minimum absolute atomic E-state index is 0.585. The quantitative estimate of drug-likeness (QED) is 0.570. The van der Waals surface area contributed by atoms with Crippen molar-refractivity contribution in [1.82, 2.24) is 4.90 Å². The van der Waals surface area contributed by atoms with Gasteiger partial charge in [0.05, 0.1) is 0 Å². The smallest absolute Gasteiger partial charge is 0.113 e. The predicted octanol–water partition coefficient (Wildman–Crippen LogP) is 1.83. The van der Waals surface area contributed by atoms with Crippen LogP contribution in [0.25, 0.3) is 0 Å². The SMILES string of the molecule is C#CCCN1CCCCC(F)C1. The molecule has 0 aromatic rings. The van der Waals surface area contributed by atoms with Gasteiger partial charge < -0.3 is 0 Å². The summed E-state index contributed by atoms with van der Waals surface area (Å²) in [6.45, 7) is 2.46. The van der Waals surface area contributed by atoms with Crippen molar-refractivity contribution in [3.63, 3.8) is 0 Å². The van der Waals surface area contributed by atoms with E-state index < -0.39 is 6.17 Å². The number of terminal acetylenes is 1. The third kappa shape index (κ3) is 3.23. The summed E-state index contributed by atoms with van der Waals surface area (Å²) in [5.74, 6) is 2.59.